The summed E-state index contributed by atoms with van der Waals surface area (Å²) in [5.74, 6) is 1.00. The van der Waals surface area contributed by atoms with Crippen molar-refractivity contribution in [2.45, 2.75) is 38.6 Å². The fourth-order valence-corrected chi connectivity index (χ4v) is 2.62. The Kier molecular flexibility index (Phi) is 6.65. The zero-order valence-corrected chi connectivity index (χ0v) is 12.4. The number of carbonyl (C=O) groups excluding carboxylic acids is 1. The minimum Gasteiger partial charge on any atom is -0.349 e. The summed E-state index contributed by atoms with van der Waals surface area (Å²) in [6.07, 6.45) is 4.28. The van der Waals surface area contributed by atoms with Crippen LogP contribution in [0.15, 0.2) is 0 Å². The first-order chi connectivity index (χ1) is 8.54. The summed E-state index contributed by atoms with van der Waals surface area (Å²) in [5.41, 5.74) is 0. The summed E-state index contributed by atoms with van der Waals surface area (Å²) in [4.78, 5) is 15.7. The molecule has 0 saturated carbocycles. The van der Waals surface area contributed by atoms with E-state index in [0.29, 0.717) is 12.5 Å². The molecule has 1 N–H and O–H groups in total. The highest BCUT2D eigenvalue weighted by Crippen LogP contribution is 2.19. The molecule has 1 saturated heterocycles. The van der Waals surface area contributed by atoms with Gasteiger partial charge < -0.3 is 15.1 Å². The van der Waals surface area contributed by atoms with Crippen molar-refractivity contribution in [1.29, 1.82) is 0 Å². The molecule has 1 heterocycles. The van der Waals surface area contributed by atoms with Crippen molar-refractivity contribution in [1.82, 2.24) is 15.1 Å². The molecule has 1 amide bonds. The minimum absolute atomic E-state index is 0.243. The van der Waals surface area contributed by atoms with Crippen molar-refractivity contribution in [2.24, 2.45) is 5.92 Å². The van der Waals surface area contributed by atoms with Gasteiger partial charge in [-0.1, -0.05) is 0 Å². The van der Waals surface area contributed by atoms with Gasteiger partial charge >= 0.3 is 0 Å². The van der Waals surface area contributed by atoms with Crippen LogP contribution >= 0.6 is 0 Å². The molecule has 0 aromatic carbocycles. The predicted molar refractivity (Wildman–Crippen MR) is 75.6 cm³/mol. The molecule has 106 valence electrons. The van der Waals surface area contributed by atoms with Crippen LogP contribution in [0.25, 0.3) is 0 Å². The van der Waals surface area contributed by atoms with Gasteiger partial charge in [-0.05, 0) is 52.2 Å². The summed E-state index contributed by atoms with van der Waals surface area (Å²) in [6, 6.07) is 0.594. The Morgan fingerprint density at radius 3 is 2.83 bits per heavy atom. The lowest BCUT2D eigenvalue weighted by Crippen LogP contribution is -2.43. The van der Waals surface area contributed by atoms with E-state index in [9.17, 15) is 4.79 Å². The van der Waals surface area contributed by atoms with Crippen LogP contribution < -0.4 is 5.32 Å². The van der Waals surface area contributed by atoms with Gasteiger partial charge in [0.2, 0.25) is 5.91 Å². The van der Waals surface area contributed by atoms with E-state index in [1.54, 1.807) is 4.90 Å². The van der Waals surface area contributed by atoms with Crippen LogP contribution in [0.5, 0.6) is 0 Å². The van der Waals surface area contributed by atoms with Gasteiger partial charge in [0.15, 0.2) is 0 Å². The van der Waals surface area contributed by atoms with E-state index >= 15 is 0 Å². The molecule has 1 aliphatic rings. The molecule has 0 aromatic rings. The quantitative estimate of drug-likeness (QED) is 0.774. The second-order valence-corrected chi connectivity index (χ2v) is 5.67. The number of hydrogen-bond donors (Lipinski definition) is 1. The average Bonchev–Trinajstić information content (AvgIpc) is 2.37. The zero-order chi connectivity index (χ0) is 13.5. The highest BCUT2D eigenvalue weighted by atomic mass is 16.2. The van der Waals surface area contributed by atoms with Crippen LogP contribution in [0.3, 0.4) is 0 Å². The average molecular weight is 255 g/mol. The van der Waals surface area contributed by atoms with Crippen molar-refractivity contribution < 1.29 is 4.79 Å². The first-order valence-corrected chi connectivity index (χ1v) is 7.14. The Hall–Kier alpha value is -0.610. The van der Waals surface area contributed by atoms with Gasteiger partial charge in [0, 0.05) is 33.1 Å². The van der Waals surface area contributed by atoms with Gasteiger partial charge in [-0.25, -0.2) is 0 Å². The summed E-state index contributed by atoms with van der Waals surface area (Å²) in [7, 11) is 5.70. The van der Waals surface area contributed by atoms with E-state index in [1.807, 2.05) is 21.1 Å². The number of piperidine rings is 1. The lowest BCUT2D eigenvalue weighted by atomic mass is 9.91. The standard InChI is InChI=1S/C14H29N3O/c1-12(15-2)13-7-5-9-17(11-13)10-6-8-14(18)16(3)4/h12-13,15H,5-11H2,1-4H3. The second-order valence-electron chi connectivity index (χ2n) is 5.67. The normalized spacial score (nSPS) is 22.8. The van der Waals surface area contributed by atoms with Crippen LogP contribution in [0.4, 0.5) is 0 Å². The van der Waals surface area contributed by atoms with Gasteiger partial charge in [-0.3, -0.25) is 4.79 Å². The number of likely N-dealkylation sites (tertiary alicyclic amines) is 1. The van der Waals surface area contributed by atoms with Crippen molar-refractivity contribution in [2.75, 3.05) is 40.8 Å². The van der Waals surface area contributed by atoms with E-state index in [0.717, 1.165) is 18.9 Å². The Morgan fingerprint density at radius 1 is 1.50 bits per heavy atom. The molecule has 2 atom stereocenters. The fraction of sp³-hybridized carbons (Fsp3) is 0.929. The largest absolute Gasteiger partial charge is 0.349 e. The van der Waals surface area contributed by atoms with Crippen LogP contribution in [0, 0.1) is 5.92 Å². The molecule has 2 unspecified atom stereocenters. The van der Waals surface area contributed by atoms with E-state index in [1.165, 1.54) is 25.9 Å². The molecule has 0 aliphatic carbocycles. The van der Waals surface area contributed by atoms with Gasteiger partial charge in [-0.2, -0.15) is 0 Å². The van der Waals surface area contributed by atoms with E-state index in [2.05, 4.69) is 17.1 Å². The highest BCUT2D eigenvalue weighted by Gasteiger charge is 2.23. The molecule has 18 heavy (non-hydrogen) atoms. The lowest BCUT2D eigenvalue weighted by Gasteiger charge is -2.35. The summed E-state index contributed by atoms with van der Waals surface area (Å²) in [5, 5.41) is 3.36. The van der Waals surface area contributed by atoms with E-state index in [-0.39, 0.29) is 5.91 Å². The van der Waals surface area contributed by atoms with Crippen molar-refractivity contribution >= 4 is 5.91 Å². The van der Waals surface area contributed by atoms with Crippen molar-refractivity contribution in [3.8, 4) is 0 Å². The Bertz CT molecular complexity index is 255. The van der Waals surface area contributed by atoms with Gasteiger partial charge in [0.25, 0.3) is 0 Å². The molecule has 0 bridgehead atoms. The molecule has 0 radical (unpaired) electrons. The number of amides is 1. The summed E-state index contributed by atoms with van der Waals surface area (Å²) < 4.78 is 0. The van der Waals surface area contributed by atoms with Gasteiger partial charge in [-0.15, -0.1) is 0 Å². The van der Waals surface area contributed by atoms with Crippen LogP contribution in [-0.2, 0) is 4.79 Å². The molecule has 1 aliphatic heterocycles. The SMILES string of the molecule is CNC(C)C1CCCN(CCCC(=O)N(C)C)C1. The minimum atomic E-state index is 0.243. The fourth-order valence-electron chi connectivity index (χ4n) is 2.62. The molecule has 1 rings (SSSR count). The number of rotatable bonds is 6. The Labute approximate surface area is 112 Å². The smallest absolute Gasteiger partial charge is 0.222 e. The summed E-state index contributed by atoms with van der Waals surface area (Å²) >= 11 is 0. The van der Waals surface area contributed by atoms with Crippen LogP contribution in [0.2, 0.25) is 0 Å². The van der Waals surface area contributed by atoms with Crippen LogP contribution in [0.1, 0.15) is 32.6 Å². The first-order valence-electron chi connectivity index (χ1n) is 7.14. The molecule has 0 aromatic heterocycles. The number of hydrogen-bond acceptors (Lipinski definition) is 3. The Balaban J connectivity index is 2.24. The Morgan fingerprint density at radius 2 is 2.22 bits per heavy atom. The van der Waals surface area contributed by atoms with Crippen molar-refractivity contribution in [3.63, 3.8) is 0 Å². The molecule has 0 spiro atoms. The third kappa shape index (κ3) is 4.94. The molecule has 1 fully saturated rings. The predicted octanol–water partition coefficient (Wildman–Crippen LogP) is 1.17. The third-order valence-corrected chi connectivity index (χ3v) is 4.07. The van der Waals surface area contributed by atoms with Gasteiger partial charge in [0.1, 0.15) is 0 Å². The second kappa shape index (κ2) is 7.74. The maximum Gasteiger partial charge on any atom is 0.222 e. The van der Waals surface area contributed by atoms with E-state index in [4.69, 9.17) is 0 Å². The zero-order valence-electron chi connectivity index (χ0n) is 12.4. The topological polar surface area (TPSA) is 35.6 Å². The highest BCUT2D eigenvalue weighted by molar-refractivity contribution is 5.75. The number of nitrogens with zero attached hydrogens (tertiary/aromatic N) is 2. The van der Waals surface area contributed by atoms with Gasteiger partial charge in [0.05, 0.1) is 0 Å². The number of carbonyl (C=O) groups is 1. The first kappa shape index (κ1) is 15.4. The number of nitrogens with one attached hydrogen (secondary N) is 1. The lowest BCUT2D eigenvalue weighted by molar-refractivity contribution is -0.128. The maximum atomic E-state index is 11.5. The molecular weight excluding hydrogens is 226 g/mol. The third-order valence-electron chi connectivity index (χ3n) is 4.07. The maximum absolute atomic E-state index is 11.5. The molecular formula is C14H29N3O. The van der Waals surface area contributed by atoms with Crippen molar-refractivity contribution in [3.05, 3.63) is 0 Å². The monoisotopic (exact) mass is 255 g/mol. The van der Waals surface area contributed by atoms with Crippen LogP contribution in [-0.4, -0.2) is 62.5 Å². The molecule has 4 heteroatoms. The summed E-state index contributed by atoms with van der Waals surface area (Å²) in [6.45, 7) is 5.71. The van der Waals surface area contributed by atoms with E-state index < -0.39 is 0 Å². The molecule has 4 nitrogen and oxygen atoms in total.